The molecule has 0 N–H and O–H groups in total. The molecule has 0 saturated heterocycles. The number of hydrogen-bond acceptors (Lipinski definition) is 6. The quantitative estimate of drug-likeness (QED) is 0.697. The van der Waals surface area contributed by atoms with Crippen molar-refractivity contribution in [3.63, 3.8) is 0 Å². The maximum atomic E-state index is 11.8. The number of nitrogens with zero attached hydrogens (tertiary/aromatic N) is 3. The van der Waals surface area contributed by atoms with Gasteiger partial charge in [-0.25, -0.2) is 0 Å². The topological polar surface area (TPSA) is 68.5 Å². The van der Waals surface area contributed by atoms with E-state index in [2.05, 4.69) is 10.1 Å². The molecule has 1 saturated carbocycles. The van der Waals surface area contributed by atoms with Crippen molar-refractivity contribution in [1.82, 2.24) is 15.0 Å². The molecule has 0 unspecified atom stereocenters. The molecule has 0 spiro atoms. The Morgan fingerprint density at radius 1 is 1.50 bits per heavy atom. The molecule has 2 rings (SSSR count). The summed E-state index contributed by atoms with van der Waals surface area (Å²) in [5, 5.41) is 3.92. The van der Waals surface area contributed by atoms with E-state index in [-0.39, 0.29) is 5.97 Å². The molecular weight excluding hydrogens is 234 g/mol. The molecule has 1 heterocycles. The van der Waals surface area contributed by atoms with Gasteiger partial charge in [-0.3, -0.25) is 4.79 Å². The van der Waals surface area contributed by atoms with Gasteiger partial charge in [0.2, 0.25) is 5.89 Å². The minimum absolute atomic E-state index is 0.243. The Balaban J connectivity index is 2.03. The molecule has 1 aromatic rings. The van der Waals surface area contributed by atoms with Crippen LogP contribution in [-0.2, 0) is 21.4 Å². The van der Waals surface area contributed by atoms with E-state index in [1.807, 2.05) is 19.0 Å². The zero-order valence-corrected chi connectivity index (χ0v) is 11.1. The lowest BCUT2D eigenvalue weighted by Crippen LogP contribution is -2.23. The first-order valence-electron chi connectivity index (χ1n) is 6.23. The highest BCUT2D eigenvalue weighted by atomic mass is 16.5. The van der Waals surface area contributed by atoms with Gasteiger partial charge < -0.3 is 14.2 Å². The molecule has 1 aliphatic rings. The fraction of sp³-hybridized carbons (Fsp3) is 0.750. The van der Waals surface area contributed by atoms with Gasteiger partial charge in [0, 0.05) is 13.0 Å². The Morgan fingerprint density at radius 2 is 2.22 bits per heavy atom. The first-order valence-corrected chi connectivity index (χ1v) is 6.23. The number of ether oxygens (including phenoxy) is 1. The second kappa shape index (κ2) is 5.06. The number of carbonyl (C=O) groups is 1. The Hall–Kier alpha value is -1.43. The van der Waals surface area contributed by atoms with Crippen LogP contribution in [0.15, 0.2) is 4.52 Å². The second-order valence-corrected chi connectivity index (χ2v) is 4.87. The molecule has 0 amide bonds. The third kappa shape index (κ3) is 2.53. The fourth-order valence-corrected chi connectivity index (χ4v) is 1.77. The minimum atomic E-state index is -0.653. The van der Waals surface area contributed by atoms with Crippen molar-refractivity contribution >= 4 is 5.97 Å². The first kappa shape index (κ1) is 13.0. The van der Waals surface area contributed by atoms with Crippen molar-refractivity contribution in [3.8, 4) is 0 Å². The predicted octanol–water partition coefficient (Wildman–Crippen LogP) is 0.768. The monoisotopic (exact) mass is 253 g/mol. The van der Waals surface area contributed by atoms with Gasteiger partial charge in [-0.05, 0) is 33.9 Å². The third-order valence-electron chi connectivity index (χ3n) is 3.08. The predicted molar refractivity (Wildman–Crippen MR) is 64.1 cm³/mol. The lowest BCUT2D eigenvalue weighted by atomic mass is 10.1. The van der Waals surface area contributed by atoms with Crippen LogP contribution in [0.1, 0.15) is 31.5 Å². The van der Waals surface area contributed by atoms with Crippen LogP contribution < -0.4 is 0 Å². The maximum absolute atomic E-state index is 11.8. The molecule has 1 aliphatic carbocycles. The molecule has 6 heteroatoms. The number of rotatable bonds is 6. The normalized spacial score (nSPS) is 16.9. The molecule has 0 aromatic carbocycles. The molecule has 1 aromatic heterocycles. The fourth-order valence-electron chi connectivity index (χ4n) is 1.77. The molecule has 0 radical (unpaired) electrons. The highest BCUT2D eigenvalue weighted by Crippen LogP contribution is 2.48. The summed E-state index contributed by atoms with van der Waals surface area (Å²) in [7, 11) is 3.98. The van der Waals surface area contributed by atoms with Gasteiger partial charge in [0.05, 0.1) is 6.61 Å². The van der Waals surface area contributed by atoms with E-state index in [0.717, 1.165) is 25.8 Å². The highest BCUT2D eigenvalue weighted by molar-refractivity contribution is 5.85. The zero-order valence-electron chi connectivity index (χ0n) is 11.1. The van der Waals surface area contributed by atoms with Crippen molar-refractivity contribution in [1.29, 1.82) is 0 Å². The van der Waals surface area contributed by atoms with Crippen LogP contribution in [0.5, 0.6) is 0 Å². The third-order valence-corrected chi connectivity index (χ3v) is 3.08. The van der Waals surface area contributed by atoms with Crippen molar-refractivity contribution in [3.05, 3.63) is 11.7 Å². The Bertz CT molecular complexity index is 424. The lowest BCUT2D eigenvalue weighted by molar-refractivity contribution is -0.146. The van der Waals surface area contributed by atoms with Crippen LogP contribution in [0.2, 0.25) is 0 Å². The van der Waals surface area contributed by atoms with Gasteiger partial charge in [0.25, 0.3) is 0 Å². The first-order chi connectivity index (χ1) is 8.58. The van der Waals surface area contributed by atoms with E-state index in [1.54, 1.807) is 6.92 Å². The van der Waals surface area contributed by atoms with Crippen molar-refractivity contribution in [2.24, 2.45) is 0 Å². The standard InChI is InChI=1S/C12H19N3O3/c1-4-17-11(16)12(6-7-12)10-13-9(14-18-10)5-8-15(2)3/h4-8H2,1-3H3. The van der Waals surface area contributed by atoms with Gasteiger partial charge >= 0.3 is 5.97 Å². The molecule has 18 heavy (non-hydrogen) atoms. The highest BCUT2D eigenvalue weighted by Gasteiger charge is 2.57. The van der Waals surface area contributed by atoms with Crippen LogP contribution in [0.3, 0.4) is 0 Å². The smallest absolute Gasteiger partial charge is 0.321 e. The molecule has 0 atom stereocenters. The minimum Gasteiger partial charge on any atom is -0.465 e. The zero-order chi connectivity index (χ0) is 13.2. The molecule has 1 fully saturated rings. The summed E-state index contributed by atoms with van der Waals surface area (Å²) < 4.78 is 10.3. The Labute approximate surface area is 106 Å². The number of hydrogen-bond donors (Lipinski definition) is 0. The van der Waals surface area contributed by atoms with Crippen LogP contribution in [0.4, 0.5) is 0 Å². The van der Waals surface area contributed by atoms with Gasteiger partial charge in [-0.1, -0.05) is 5.16 Å². The summed E-state index contributed by atoms with van der Waals surface area (Å²) in [5.74, 6) is 0.816. The molecule has 0 aliphatic heterocycles. The van der Waals surface area contributed by atoms with Crippen LogP contribution in [0.25, 0.3) is 0 Å². The SMILES string of the molecule is CCOC(=O)C1(c2nc(CCN(C)C)no2)CC1. The number of likely N-dealkylation sites (N-methyl/N-ethyl adjacent to an activating group) is 1. The number of esters is 1. The summed E-state index contributed by atoms with van der Waals surface area (Å²) in [6.07, 6.45) is 2.19. The lowest BCUT2D eigenvalue weighted by Gasteiger charge is -2.08. The summed E-state index contributed by atoms with van der Waals surface area (Å²) >= 11 is 0. The van der Waals surface area contributed by atoms with Crippen LogP contribution >= 0.6 is 0 Å². The summed E-state index contributed by atoms with van der Waals surface area (Å²) in [5.41, 5.74) is -0.653. The Morgan fingerprint density at radius 3 is 2.78 bits per heavy atom. The van der Waals surface area contributed by atoms with Gasteiger partial charge in [-0.15, -0.1) is 0 Å². The van der Waals surface area contributed by atoms with Gasteiger partial charge in [-0.2, -0.15) is 4.98 Å². The summed E-state index contributed by atoms with van der Waals surface area (Å²) in [4.78, 5) is 18.2. The van der Waals surface area contributed by atoms with E-state index >= 15 is 0 Å². The summed E-state index contributed by atoms with van der Waals surface area (Å²) in [6, 6.07) is 0. The molecular formula is C12H19N3O3. The van der Waals surface area contributed by atoms with Crippen molar-refractivity contribution in [2.75, 3.05) is 27.2 Å². The molecule has 6 nitrogen and oxygen atoms in total. The van der Waals surface area contributed by atoms with Crippen LogP contribution in [-0.4, -0.2) is 48.3 Å². The van der Waals surface area contributed by atoms with E-state index in [1.165, 1.54) is 0 Å². The second-order valence-electron chi connectivity index (χ2n) is 4.87. The van der Waals surface area contributed by atoms with Gasteiger partial charge in [0.1, 0.15) is 5.41 Å². The maximum Gasteiger partial charge on any atom is 0.321 e. The van der Waals surface area contributed by atoms with Crippen molar-refractivity contribution < 1.29 is 14.1 Å². The molecule has 100 valence electrons. The van der Waals surface area contributed by atoms with Gasteiger partial charge in [0.15, 0.2) is 5.82 Å². The van der Waals surface area contributed by atoms with Crippen molar-refractivity contribution in [2.45, 2.75) is 31.6 Å². The summed E-state index contributed by atoms with van der Waals surface area (Å²) in [6.45, 7) is 3.03. The van der Waals surface area contributed by atoms with E-state index in [0.29, 0.717) is 18.3 Å². The number of carbonyl (C=O) groups excluding carboxylic acids is 1. The largest absolute Gasteiger partial charge is 0.465 e. The number of aromatic nitrogens is 2. The van der Waals surface area contributed by atoms with E-state index in [9.17, 15) is 4.79 Å². The van der Waals surface area contributed by atoms with E-state index in [4.69, 9.17) is 9.26 Å². The average Bonchev–Trinajstić information content (AvgIpc) is 3.00. The Kier molecular flexibility index (Phi) is 3.65. The van der Waals surface area contributed by atoms with E-state index < -0.39 is 5.41 Å². The molecule has 0 bridgehead atoms. The van der Waals surface area contributed by atoms with Crippen LogP contribution in [0, 0.1) is 0 Å². The average molecular weight is 253 g/mol.